The zero-order chi connectivity index (χ0) is 12.0. The Morgan fingerprint density at radius 1 is 1.50 bits per heavy atom. The quantitative estimate of drug-likeness (QED) is 0.595. The van der Waals surface area contributed by atoms with E-state index in [1.165, 1.54) is 12.8 Å². The van der Waals surface area contributed by atoms with E-state index < -0.39 is 0 Å². The molecule has 0 amide bonds. The van der Waals surface area contributed by atoms with Crippen molar-refractivity contribution in [3.8, 4) is 0 Å². The molecule has 1 aromatic heterocycles. The van der Waals surface area contributed by atoms with Crippen molar-refractivity contribution >= 4 is 11.6 Å². The predicted octanol–water partition coefficient (Wildman–Crippen LogP) is 3.07. The molecule has 0 spiro atoms. The van der Waals surface area contributed by atoms with E-state index in [-0.39, 0.29) is 6.04 Å². The van der Waals surface area contributed by atoms with Crippen LogP contribution in [0.2, 0.25) is 5.02 Å². The zero-order valence-electron chi connectivity index (χ0n) is 9.91. The molecule has 0 radical (unpaired) electrons. The Morgan fingerprint density at radius 2 is 2.25 bits per heavy atom. The van der Waals surface area contributed by atoms with Crippen LogP contribution in [0, 0.1) is 5.92 Å². The van der Waals surface area contributed by atoms with Crippen molar-refractivity contribution in [1.29, 1.82) is 0 Å². The Kier molecular flexibility index (Phi) is 5.74. The summed E-state index contributed by atoms with van der Waals surface area (Å²) in [5, 5.41) is 0.654. The predicted molar refractivity (Wildman–Crippen MR) is 68.0 cm³/mol. The van der Waals surface area contributed by atoms with Gasteiger partial charge in [-0.05, 0) is 24.5 Å². The first-order valence-corrected chi connectivity index (χ1v) is 6.12. The van der Waals surface area contributed by atoms with E-state index in [4.69, 9.17) is 17.4 Å². The van der Waals surface area contributed by atoms with E-state index >= 15 is 0 Å². The molecule has 2 unspecified atom stereocenters. The fraction of sp³-hybridized carbons (Fsp3) is 0.583. The van der Waals surface area contributed by atoms with Crippen molar-refractivity contribution in [2.45, 2.75) is 39.2 Å². The van der Waals surface area contributed by atoms with Gasteiger partial charge in [0.25, 0.3) is 0 Å². The molecule has 0 aromatic carbocycles. The first-order valence-electron chi connectivity index (χ1n) is 5.75. The fourth-order valence-corrected chi connectivity index (χ4v) is 1.99. The van der Waals surface area contributed by atoms with E-state index in [0.29, 0.717) is 10.9 Å². The highest BCUT2D eigenvalue weighted by molar-refractivity contribution is 6.30. The summed E-state index contributed by atoms with van der Waals surface area (Å²) in [4.78, 5) is 4.29. The maximum atomic E-state index is 5.80. The number of nitrogens with zero attached hydrogens (tertiary/aromatic N) is 1. The summed E-state index contributed by atoms with van der Waals surface area (Å²) in [7, 11) is 0. The van der Waals surface area contributed by atoms with E-state index in [2.05, 4.69) is 24.3 Å². The Hall–Kier alpha value is -0.640. The van der Waals surface area contributed by atoms with Crippen molar-refractivity contribution in [2.75, 3.05) is 0 Å². The molecule has 0 aliphatic heterocycles. The lowest BCUT2D eigenvalue weighted by atomic mass is 9.96. The lowest BCUT2D eigenvalue weighted by Crippen LogP contribution is -2.30. The average molecular weight is 242 g/mol. The summed E-state index contributed by atoms with van der Waals surface area (Å²) in [5.74, 6) is 6.21. The minimum absolute atomic E-state index is 0.110. The summed E-state index contributed by atoms with van der Waals surface area (Å²) in [6.45, 7) is 4.44. The molecule has 4 heteroatoms. The summed E-state index contributed by atoms with van der Waals surface area (Å²) < 4.78 is 0. The molecule has 0 aliphatic rings. The Balaban J connectivity index is 2.63. The van der Waals surface area contributed by atoms with Gasteiger partial charge in [0.1, 0.15) is 0 Å². The normalized spacial score (nSPS) is 14.8. The Morgan fingerprint density at radius 3 is 2.75 bits per heavy atom. The number of aromatic nitrogens is 1. The molecular weight excluding hydrogens is 222 g/mol. The molecule has 2 atom stereocenters. The van der Waals surface area contributed by atoms with Crippen molar-refractivity contribution in [2.24, 2.45) is 11.8 Å². The second-order valence-corrected chi connectivity index (χ2v) is 4.69. The van der Waals surface area contributed by atoms with Crippen LogP contribution in [0.4, 0.5) is 0 Å². The first kappa shape index (κ1) is 13.4. The van der Waals surface area contributed by atoms with Gasteiger partial charge >= 0.3 is 0 Å². The monoisotopic (exact) mass is 241 g/mol. The lowest BCUT2D eigenvalue weighted by molar-refractivity contribution is 0.389. The number of hydrazine groups is 1. The lowest BCUT2D eigenvalue weighted by Gasteiger charge is -2.19. The number of halogens is 1. The Labute approximate surface area is 102 Å². The number of pyridine rings is 1. The number of nitrogens with one attached hydrogen (secondary N) is 1. The number of nitrogens with two attached hydrogens (primary N) is 1. The topological polar surface area (TPSA) is 50.9 Å². The minimum atomic E-state index is 0.110. The second-order valence-electron chi connectivity index (χ2n) is 4.25. The van der Waals surface area contributed by atoms with Gasteiger partial charge in [0.2, 0.25) is 0 Å². The van der Waals surface area contributed by atoms with Crippen LogP contribution in [-0.2, 0) is 0 Å². The number of rotatable bonds is 6. The SMILES string of the molecule is CCCC(C)CC(NN)c1ccc(Cl)cn1. The van der Waals surface area contributed by atoms with Gasteiger partial charge < -0.3 is 0 Å². The largest absolute Gasteiger partial charge is 0.271 e. The van der Waals surface area contributed by atoms with Gasteiger partial charge in [0, 0.05) is 6.20 Å². The highest BCUT2D eigenvalue weighted by Gasteiger charge is 2.14. The standard InChI is InChI=1S/C12H20ClN3/c1-3-4-9(2)7-12(16-14)11-6-5-10(13)8-15-11/h5-6,8-9,12,16H,3-4,7,14H2,1-2H3. The summed E-state index contributed by atoms with van der Waals surface area (Å²) in [5.41, 5.74) is 3.78. The molecule has 0 saturated heterocycles. The molecule has 1 aromatic rings. The first-order chi connectivity index (χ1) is 7.67. The molecule has 1 rings (SSSR count). The van der Waals surface area contributed by atoms with Crippen LogP contribution in [0.1, 0.15) is 44.8 Å². The highest BCUT2D eigenvalue weighted by Crippen LogP contribution is 2.22. The number of hydrogen-bond donors (Lipinski definition) is 2. The minimum Gasteiger partial charge on any atom is -0.271 e. The maximum absolute atomic E-state index is 5.80. The number of hydrogen-bond acceptors (Lipinski definition) is 3. The van der Waals surface area contributed by atoms with Crippen molar-refractivity contribution in [3.05, 3.63) is 29.0 Å². The molecule has 3 nitrogen and oxygen atoms in total. The van der Waals surface area contributed by atoms with Crippen molar-refractivity contribution in [3.63, 3.8) is 0 Å². The van der Waals surface area contributed by atoms with Gasteiger partial charge in [-0.2, -0.15) is 0 Å². The molecule has 3 N–H and O–H groups in total. The van der Waals surface area contributed by atoms with Gasteiger partial charge in [-0.1, -0.05) is 38.3 Å². The van der Waals surface area contributed by atoms with Gasteiger partial charge in [-0.15, -0.1) is 0 Å². The van der Waals surface area contributed by atoms with E-state index in [1.807, 2.05) is 12.1 Å². The average Bonchev–Trinajstić information content (AvgIpc) is 2.27. The van der Waals surface area contributed by atoms with Gasteiger partial charge in [0.05, 0.1) is 16.8 Å². The fourth-order valence-electron chi connectivity index (χ4n) is 1.88. The van der Waals surface area contributed by atoms with E-state index in [1.54, 1.807) is 6.20 Å². The van der Waals surface area contributed by atoms with Crippen LogP contribution in [0.15, 0.2) is 18.3 Å². The van der Waals surface area contributed by atoms with Gasteiger partial charge in [-0.3, -0.25) is 16.3 Å². The molecular formula is C12H20ClN3. The third-order valence-corrected chi connectivity index (χ3v) is 2.95. The van der Waals surface area contributed by atoms with E-state index in [9.17, 15) is 0 Å². The maximum Gasteiger partial charge on any atom is 0.0634 e. The Bertz CT molecular complexity index is 300. The van der Waals surface area contributed by atoms with Crippen LogP contribution >= 0.6 is 11.6 Å². The molecule has 1 heterocycles. The molecule has 16 heavy (non-hydrogen) atoms. The van der Waals surface area contributed by atoms with Gasteiger partial charge in [-0.25, -0.2) is 0 Å². The van der Waals surface area contributed by atoms with Crippen LogP contribution in [0.3, 0.4) is 0 Å². The van der Waals surface area contributed by atoms with Crippen molar-refractivity contribution in [1.82, 2.24) is 10.4 Å². The van der Waals surface area contributed by atoms with Crippen LogP contribution < -0.4 is 11.3 Å². The van der Waals surface area contributed by atoms with Crippen LogP contribution in [-0.4, -0.2) is 4.98 Å². The van der Waals surface area contributed by atoms with Crippen LogP contribution in [0.5, 0.6) is 0 Å². The summed E-state index contributed by atoms with van der Waals surface area (Å²) in [6.07, 6.45) is 5.07. The summed E-state index contributed by atoms with van der Waals surface area (Å²) >= 11 is 5.80. The molecule has 0 fully saturated rings. The van der Waals surface area contributed by atoms with Crippen molar-refractivity contribution < 1.29 is 0 Å². The molecule has 0 bridgehead atoms. The molecule has 0 saturated carbocycles. The zero-order valence-corrected chi connectivity index (χ0v) is 10.7. The highest BCUT2D eigenvalue weighted by atomic mass is 35.5. The summed E-state index contributed by atoms with van der Waals surface area (Å²) in [6, 6.07) is 3.88. The van der Waals surface area contributed by atoms with E-state index in [0.717, 1.165) is 12.1 Å². The third kappa shape index (κ3) is 4.08. The van der Waals surface area contributed by atoms with Crippen LogP contribution in [0.25, 0.3) is 0 Å². The van der Waals surface area contributed by atoms with Gasteiger partial charge in [0.15, 0.2) is 0 Å². The second kappa shape index (κ2) is 6.84. The smallest absolute Gasteiger partial charge is 0.0634 e. The molecule has 90 valence electrons. The molecule has 0 aliphatic carbocycles. The third-order valence-electron chi connectivity index (χ3n) is 2.73.